The topological polar surface area (TPSA) is 38.0 Å². The van der Waals surface area contributed by atoms with Crippen LogP contribution in [0.25, 0.3) is 0 Å². The van der Waals surface area contributed by atoms with Crippen LogP contribution in [-0.2, 0) is 12.7 Å². The number of imidazole rings is 1. The maximum absolute atomic E-state index is 12.7. The lowest BCUT2D eigenvalue weighted by molar-refractivity contribution is -0.137. The van der Waals surface area contributed by atoms with Crippen LogP contribution in [0.15, 0.2) is 36.7 Å². The summed E-state index contributed by atoms with van der Waals surface area (Å²) < 4.78 is 39.8. The van der Waals surface area contributed by atoms with E-state index in [1.165, 1.54) is 12.1 Å². The van der Waals surface area contributed by atoms with Crippen molar-refractivity contribution in [3.8, 4) is 0 Å². The summed E-state index contributed by atoms with van der Waals surface area (Å²) in [5.41, 5.74) is -0.512. The van der Waals surface area contributed by atoms with Crippen LogP contribution in [0.2, 0.25) is 0 Å². The van der Waals surface area contributed by atoms with Gasteiger partial charge in [-0.05, 0) is 17.7 Å². The van der Waals surface area contributed by atoms with Gasteiger partial charge in [-0.3, -0.25) is 0 Å². The Bertz CT molecular complexity index is 605. The number of rotatable bonds is 4. The molecule has 0 saturated carbocycles. The van der Waals surface area contributed by atoms with Crippen LogP contribution in [0, 0.1) is 0 Å². The van der Waals surface area contributed by atoms with Crippen molar-refractivity contribution in [1.82, 2.24) is 9.55 Å². The van der Waals surface area contributed by atoms with E-state index in [4.69, 9.17) is 0 Å². The zero-order valence-electron chi connectivity index (χ0n) is 11.8. The summed E-state index contributed by atoms with van der Waals surface area (Å²) in [5.74, 6) is 0.967. The molecule has 0 aliphatic carbocycles. The van der Waals surface area contributed by atoms with Gasteiger partial charge < -0.3 is 9.67 Å². The van der Waals surface area contributed by atoms with Gasteiger partial charge in [0.25, 0.3) is 0 Å². The predicted octanol–water partition coefficient (Wildman–Crippen LogP) is 3.76. The number of aliphatic hydroxyl groups excluding tert-OH is 1. The molecule has 2 aromatic rings. The van der Waals surface area contributed by atoms with Crippen molar-refractivity contribution in [3.63, 3.8) is 0 Å². The molecule has 0 aliphatic heterocycles. The molecule has 1 heterocycles. The third-order valence-electron chi connectivity index (χ3n) is 3.23. The van der Waals surface area contributed by atoms with E-state index in [9.17, 15) is 18.3 Å². The Morgan fingerprint density at radius 3 is 2.62 bits per heavy atom. The number of hydrogen-bond donors (Lipinski definition) is 1. The molecular formula is C15H17F3N2O. The fraction of sp³-hybridized carbons (Fsp3) is 0.400. The van der Waals surface area contributed by atoms with Crippen molar-refractivity contribution < 1.29 is 18.3 Å². The van der Waals surface area contributed by atoms with Gasteiger partial charge in [0.05, 0.1) is 18.2 Å². The highest BCUT2D eigenvalue weighted by Gasteiger charge is 2.30. The third-order valence-corrected chi connectivity index (χ3v) is 3.23. The van der Waals surface area contributed by atoms with Gasteiger partial charge in [-0.2, -0.15) is 13.2 Å². The lowest BCUT2D eigenvalue weighted by atomic mass is 10.1. The van der Waals surface area contributed by atoms with Gasteiger partial charge >= 0.3 is 6.18 Å². The maximum Gasteiger partial charge on any atom is 0.416 e. The molecule has 1 aromatic carbocycles. The predicted molar refractivity (Wildman–Crippen MR) is 72.7 cm³/mol. The maximum atomic E-state index is 12.7. The Morgan fingerprint density at radius 2 is 2.00 bits per heavy atom. The summed E-state index contributed by atoms with van der Waals surface area (Å²) in [7, 11) is 0. The Balaban J connectivity index is 2.21. The fourth-order valence-corrected chi connectivity index (χ4v) is 2.19. The number of alkyl halides is 3. The lowest BCUT2D eigenvalue weighted by Gasteiger charge is -2.16. The van der Waals surface area contributed by atoms with Crippen LogP contribution in [0.5, 0.6) is 0 Å². The molecule has 0 amide bonds. The summed E-state index contributed by atoms with van der Waals surface area (Å²) in [4.78, 5) is 4.19. The van der Waals surface area contributed by atoms with Crippen LogP contribution in [0.3, 0.4) is 0 Å². The lowest BCUT2D eigenvalue weighted by Crippen LogP contribution is -2.13. The highest BCUT2D eigenvalue weighted by atomic mass is 19.4. The van der Waals surface area contributed by atoms with Gasteiger partial charge in [-0.25, -0.2) is 4.98 Å². The fourth-order valence-electron chi connectivity index (χ4n) is 2.19. The monoisotopic (exact) mass is 298 g/mol. The van der Waals surface area contributed by atoms with E-state index in [1.807, 2.05) is 13.8 Å². The van der Waals surface area contributed by atoms with E-state index in [1.54, 1.807) is 17.0 Å². The quantitative estimate of drug-likeness (QED) is 0.933. The van der Waals surface area contributed by atoms with E-state index in [0.29, 0.717) is 0 Å². The number of aliphatic hydroxyl groups is 1. The molecule has 1 unspecified atom stereocenters. The normalized spacial score (nSPS) is 13.7. The van der Waals surface area contributed by atoms with E-state index in [-0.39, 0.29) is 18.0 Å². The summed E-state index contributed by atoms with van der Waals surface area (Å²) >= 11 is 0. The van der Waals surface area contributed by atoms with E-state index >= 15 is 0 Å². The average Bonchev–Trinajstić information content (AvgIpc) is 2.86. The van der Waals surface area contributed by atoms with Gasteiger partial charge in [-0.1, -0.05) is 26.0 Å². The van der Waals surface area contributed by atoms with E-state index < -0.39 is 17.8 Å². The summed E-state index contributed by atoms with van der Waals surface area (Å²) in [6, 6.07) is 4.77. The first-order valence-corrected chi connectivity index (χ1v) is 6.65. The molecule has 0 aliphatic rings. The molecule has 3 nitrogen and oxygen atoms in total. The van der Waals surface area contributed by atoms with Crippen molar-refractivity contribution in [2.24, 2.45) is 0 Å². The third kappa shape index (κ3) is 3.64. The van der Waals surface area contributed by atoms with Gasteiger partial charge in [-0.15, -0.1) is 0 Å². The number of nitrogens with zero attached hydrogens (tertiary/aromatic N) is 2. The minimum absolute atomic E-state index is 0.175. The molecule has 1 N–H and O–H groups in total. The minimum atomic E-state index is -4.41. The van der Waals surface area contributed by atoms with Crippen molar-refractivity contribution in [2.45, 2.75) is 38.6 Å². The molecule has 0 saturated heterocycles. The first kappa shape index (κ1) is 15.6. The van der Waals surface area contributed by atoms with E-state index in [2.05, 4.69) is 4.98 Å². The van der Waals surface area contributed by atoms with Crippen molar-refractivity contribution in [3.05, 3.63) is 53.6 Å². The molecule has 0 fully saturated rings. The minimum Gasteiger partial charge on any atom is -0.387 e. The summed E-state index contributed by atoms with van der Waals surface area (Å²) in [6.07, 6.45) is -2.09. The number of benzene rings is 1. The first-order valence-electron chi connectivity index (χ1n) is 6.65. The Hall–Kier alpha value is -1.82. The Labute approximate surface area is 121 Å². The molecule has 1 atom stereocenters. The largest absolute Gasteiger partial charge is 0.416 e. The molecular weight excluding hydrogens is 281 g/mol. The molecule has 1 aromatic heterocycles. The van der Waals surface area contributed by atoms with Crippen molar-refractivity contribution in [1.29, 1.82) is 0 Å². The summed E-state index contributed by atoms with van der Waals surface area (Å²) in [5, 5.41) is 10.2. The molecule has 21 heavy (non-hydrogen) atoms. The van der Waals surface area contributed by atoms with Gasteiger partial charge in [0, 0.05) is 18.3 Å². The number of hydrogen-bond acceptors (Lipinski definition) is 2. The van der Waals surface area contributed by atoms with Gasteiger partial charge in [0.1, 0.15) is 5.82 Å². The summed E-state index contributed by atoms with van der Waals surface area (Å²) in [6.45, 7) is 4.11. The molecule has 0 spiro atoms. The molecule has 0 radical (unpaired) electrons. The first-order chi connectivity index (χ1) is 9.79. The van der Waals surface area contributed by atoms with E-state index in [0.717, 1.165) is 18.0 Å². The zero-order valence-corrected chi connectivity index (χ0v) is 11.8. The van der Waals surface area contributed by atoms with Gasteiger partial charge in [0.2, 0.25) is 0 Å². The van der Waals surface area contributed by atoms with Crippen LogP contribution in [-0.4, -0.2) is 14.7 Å². The second-order valence-corrected chi connectivity index (χ2v) is 5.23. The molecule has 2 rings (SSSR count). The molecule has 114 valence electrons. The zero-order chi connectivity index (χ0) is 15.6. The smallest absolute Gasteiger partial charge is 0.387 e. The second-order valence-electron chi connectivity index (χ2n) is 5.23. The van der Waals surface area contributed by atoms with Crippen LogP contribution < -0.4 is 0 Å². The highest BCUT2D eigenvalue weighted by molar-refractivity contribution is 5.27. The van der Waals surface area contributed by atoms with Gasteiger partial charge in [0.15, 0.2) is 0 Å². The molecule has 0 bridgehead atoms. The van der Waals surface area contributed by atoms with Crippen molar-refractivity contribution in [2.75, 3.05) is 0 Å². The number of aromatic nitrogens is 2. The Morgan fingerprint density at radius 1 is 1.29 bits per heavy atom. The number of halogens is 3. The SMILES string of the molecule is CC(C)c1nccn1CC(O)c1cccc(C(F)(F)F)c1. The highest BCUT2D eigenvalue weighted by Crippen LogP contribution is 2.31. The second kappa shape index (κ2) is 5.89. The molecule has 6 heteroatoms. The standard InChI is InChI=1S/C15H17F3N2O/c1-10(2)14-19-6-7-20(14)9-13(21)11-4-3-5-12(8-11)15(16,17)18/h3-8,10,13,21H,9H2,1-2H3. The van der Waals surface area contributed by atoms with Crippen LogP contribution >= 0.6 is 0 Å². The Kier molecular flexibility index (Phi) is 4.37. The van der Waals surface area contributed by atoms with Crippen LogP contribution in [0.1, 0.15) is 42.8 Å². The van der Waals surface area contributed by atoms with Crippen LogP contribution in [0.4, 0.5) is 13.2 Å². The average molecular weight is 298 g/mol. The van der Waals surface area contributed by atoms with Crippen molar-refractivity contribution >= 4 is 0 Å².